The predicted octanol–water partition coefficient (Wildman–Crippen LogP) is 2.18. The summed E-state index contributed by atoms with van der Waals surface area (Å²) >= 11 is 0. The first-order valence-corrected chi connectivity index (χ1v) is 6.61. The minimum absolute atomic E-state index is 0.0422. The maximum absolute atomic E-state index is 12.2. The normalized spacial score (nSPS) is 23.1. The minimum Gasteiger partial charge on any atom is -0.350 e. The minimum atomic E-state index is 0.0422. The van der Waals surface area contributed by atoms with Crippen molar-refractivity contribution in [3.63, 3.8) is 0 Å². The fourth-order valence-corrected chi connectivity index (χ4v) is 2.64. The molecule has 0 saturated carbocycles. The highest BCUT2D eigenvalue weighted by Crippen LogP contribution is 2.18. The molecular weight excluding hydrogens is 224 g/mol. The monoisotopic (exact) mass is 246 g/mol. The number of hydrogen-bond donors (Lipinski definition) is 2. The molecule has 0 radical (unpaired) electrons. The lowest BCUT2D eigenvalue weighted by Crippen LogP contribution is -2.47. The van der Waals surface area contributed by atoms with E-state index in [1.165, 1.54) is 6.42 Å². The zero-order valence-corrected chi connectivity index (χ0v) is 11.5. The van der Waals surface area contributed by atoms with Crippen LogP contribution in [0.25, 0.3) is 0 Å². The van der Waals surface area contributed by atoms with Crippen molar-refractivity contribution in [1.82, 2.24) is 10.6 Å². The van der Waals surface area contributed by atoms with Gasteiger partial charge in [0.05, 0.1) is 0 Å². The smallest absolute Gasteiger partial charge is 0.251 e. The molecule has 1 aliphatic heterocycles. The van der Waals surface area contributed by atoms with Gasteiger partial charge in [0.1, 0.15) is 0 Å². The van der Waals surface area contributed by atoms with Crippen LogP contribution in [0.5, 0.6) is 0 Å². The van der Waals surface area contributed by atoms with Gasteiger partial charge in [0.25, 0.3) is 5.91 Å². The molecule has 0 aromatic heterocycles. The number of amides is 1. The van der Waals surface area contributed by atoms with Gasteiger partial charge in [-0.25, -0.2) is 0 Å². The van der Waals surface area contributed by atoms with E-state index in [0.29, 0.717) is 6.54 Å². The Morgan fingerprint density at radius 3 is 2.61 bits per heavy atom. The third-order valence-electron chi connectivity index (χ3n) is 3.80. The van der Waals surface area contributed by atoms with Crippen molar-refractivity contribution in [3.8, 4) is 0 Å². The van der Waals surface area contributed by atoms with Crippen molar-refractivity contribution >= 4 is 5.91 Å². The first-order chi connectivity index (χ1) is 8.52. The van der Waals surface area contributed by atoms with E-state index >= 15 is 0 Å². The Balaban J connectivity index is 2.04. The van der Waals surface area contributed by atoms with Gasteiger partial charge in [-0.1, -0.05) is 18.2 Å². The maximum Gasteiger partial charge on any atom is 0.251 e. The third kappa shape index (κ3) is 2.72. The topological polar surface area (TPSA) is 41.1 Å². The fraction of sp³-hybridized carbons (Fsp3) is 0.533. The molecule has 1 aromatic carbocycles. The third-order valence-corrected chi connectivity index (χ3v) is 3.80. The van der Waals surface area contributed by atoms with Crippen LogP contribution < -0.4 is 10.6 Å². The van der Waals surface area contributed by atoms with Crippen molar-refractivity contribution in [2.45, 2.75) is 39.2 Å². The molecule has 1 aromatic rings. The molecule has 3 heteroatoms. The number of aryl methyl sites for hydroxylation is 2. The molecule has 18 heavy (non-hydrogen) atoms. The summed E-state index contributed by atoms with van der Waals surface area (Å²) in [4.78, 5) is 12.2. The van der Waals surface area contributed by atoms with Gasteiger partial charge in [0, 0.05) is 17.6 Å². The number of carbonyl (C=O) groups is 1. The van der Waals surface area contributed by atoms with Gasteiger partial charge >= 0.3 is 0 Å². The van der Waals surface area contributed by atoms with Gasteiger partial charge in [0.2, 0.25) is 0 Å². The first-order valence-electron chi connectivity index (χ1n) is 6.61. The van der Waals surface area contributed by atoms with Gasteiger partial charge in [-0.15, -0.1) is 0 Å². The molecule has 1 fully saturated rings. The van der Waals surface area contributed by atoms with Crippen LogP contribution in [0.1, 0.15) is 41.3 Å². The summed E-state index contributed by atoms with van der Waals surface area (Å²) in [5, 5.41) is 6.52. The fourth-order valence-electron chi connectivity index (χ4n) is 2.64. The second kappa shape index (κ2) is 5.11. The van der Waals surface area contributed by atoms with E-state index < -0.39 is 0 Å². The van der Waals surface area contributed by atoms with Crippen LogP contribution in [0.3, 0.4) is 0 Å². The Kier molecular flexibility index (Phi) is 3.71. The highest BCUT2D eigenvalue weighted by molar-refractivity contribution is 5.97. The van der Waals surface area contributed by atoms with Crippen molar-refractivity contribution < 1.29 is 4.79 Å². The number of carbonyl (C=O) groups excluding carboxylic acids is 1. The molecule has 98 valence electrons. The Bertz CT molecular complexity index is 428. The summed E-state index contributed by atoms with van der Waals surface area (Å²) in [6.45, 7) is 7.88. The van der Waals surface area contributed by atoms with Gasteiger partial charge in [0.15, 0.2) is 0 Å². The molecule has 1 heterocycles. The summed E-state index contributed by atoms with van der Waals surface area (Å²) in [5.41, 5.74) is 2.96. The first kappa shape index (κ1) is 13.1. The van der Waals surface area contributed by atoms with Crippen molar-refractivity contribution in [2.24, 2.45) is 0 Å². The zero-order valence-electron chi connectivity index (χ0n) is 11.5. The van der Waals surface area contributed by atoms with E-state index in [1.807, 2.05) is 32.0 Å². The molecule has 2 rings (SSSR count). The lowest BCUT2D eigenvalue weighted by molar-refractivity contribution is 0.0941. The van der Waals surface area contributed by atoms with Gasteiger partial charge in [-0.2, -0.15) is 0 Å². The molecular formula is C15H22N2O. The molecule has 2 N–H and O–H groups in total. The quantitative estimate of drug-likeness (QED) is 0.858. The molecule has 1 amide bonds. The molecule has 0 bridgehead atoms. The molecule has 1 saturated heterocycles. The number of nitrogens with one attached hydrogen (secondary N) is 2. The van der Waals surface area contributed by atoms with Crippen LogP contribution in [0.2, 0.25) is 0 Å². The Morgan fingerprint density at radius 2 is 2.06 bits per heavy atom. The Hall–Kier alpha value is -1.35. The number of hydrogen-bond acceptors (Lipinski definition) is 2. The number of rotatable bonds is 3. The molecule has 0 aliphatic carbocycles. The van der Waals surface area contributed by atoms with Gasteiger partial charge in [-0.05, 0) is 51.3 Å². The second-order valence-electron chi connectivity index (χ2n) is 5.54. The van der Waals surface area contributed by atoms with Crippen molar-refractivity contribution in [2.75, 3.05) is 13.1 Å². The summed E-state index contributed by atoms with van der Waals surface area (Å²) in [7, 11) is 0. The average molecular weight is 246 g/mol. The Labute approximate surface area is 109 Å². The van der Waals surface area contributed by atoms with Gasteiger partial charge in [-0.3, -0.25) is 4.79 Å². The van der Waals surface area contributed by atoms with E-state index in [0.717, 1.165) is 29.7 Å². The van der Waals surface area contributed by atoms with E-state index in [9.17, 15) is 4.79 Å². The highest BCUT2D eigenvalue weighted by Gasteiger charge is 2.28. The zero-order chi connectivity index (χ0) is 13.2. The molecule has 1 aliphatic rings. The lowest BCUT2D eigenvalue weighted by Gasteiger charge is -2.25. The SMILES string of the molecule is Cc1cccc(C)c1C(=O)NCC1(C)CCCN1. The van der Waals surface area contributed by atoms with Crippen LogP contribution in [0.4, 0.5) is 0 Å². The van der Waals surface area contributed by atoms with E-state index in [2.05, 4.69) is 17.6 Å². The summed E-state index contributed by atoms with van der Waals surface area (Å²) < 4.78 is 0. The molecule has 1 atom stereocenters. The summed E-state index contributed by atoms with van der Waals surface area (Å²) in [6.07, 6.45) is 2.32. The molecule has 3 nitrogen and oxygen atoms in total. The van der Waals surface area contributed by atoms with Crippen LogP contribution in [0.15, 0.2) is 18.2 Å². The van der Waals surface area contributed by atoms with Crippen LogP contribution in [-0.4, -0.2) is 24.5 Å². The van der Waals surface area contributed by atoms with Crippen LogP contribution >= 0.6 is 0 Å². The Morgan fingerprint density at radius 1 is 1.39 bits per heavy atom. The molecule has 1 unspecified atom stereocenters. The molecule has 0 spiro atoms. The summed E-state index contributed by atoms with van der Waals surface area (Å²) in [6, 6.07) is 5.95. The van der Waals surface area contributed by atoms with E-state index in [-0.39, 0.29) is 11.4 Å². The predicted molar refractivity (Wildman–Crippen MR) is 73.9 cm³/mol. The average Bonchev–Trinajstić information content (AvgIpc) is 2.74. The largest absolute Gasteiger partial charge is 0.350 e. The highest BCUT2D eigenvalue weighted by atomic mass is 16.1. The van der Waals surface area contributed by atoms with E-state index in [4.69, 9.17) is 0 Å². The van der Waals surface area contributed by atoms with Gasteiger partial charge < -0.3 is 10.6 Å². The van der Waals surface area contributed by atoms with Crippen LogP contribution in [0, 0.1) is 13.8 Å². The lowest BCUT2D eigenvalue weighted by atomic mass is 9.99. The maximum atomic E-state index is 12.2. The standard InChI is InChI=1S/C15H22N2O/c1-11-6-4-7-12(2)13(11)14(18)16-10-15(3)8-5-9-17-15/h4,6-7,17H,5,8-10H2,1-3H3,(H,16,18). The summed E-state index contributed by atoms with van der Waals surface area (Å²) in [5.74, 6) is 0.0422. The second-order valence-corrected chi connectivity index (χ2v) is 5.54. The van der Waals surface area contributed by atoms with E-state index in [1.54, 1.807) is 0 Å². The number of benzene rings is 1. The van der Waals surface area contributed by atoms with Crippen molar-refractivity contribution in [3.05, 3.63) is 34.9 Å². The van der Waals surface area contributed by atoms with Crippen molar-refractivity contribution in [1.29, 1.82) is 0 Å². The van der Waals surface area contributed by atoms with Crippen LogP contribution in [-0.2, 0) is 0 Å².